The van der Waals surface area contributed by atoms with Gasteiger partial charge in [0, 0.05) is 35.1 Å². The Labute approximate surface area is 187 Å². The molecule has 160 valence electrons. The maximum atomic E-state index is 12.9. The minimum absolute atomic E-state index is 0.299. The van der Waals surface area contributed by atoms with Gasteiger partial charge in [-0.3, -0.25) is 0 Å². The van der Waals surface area contributed by atoms with Crippen molar-refractivity contribution < 1.29 is 8.42 Å². The van der Waals surface area contributed by atoms with Gasteiger partial charge in [0.05, 0.1) is 15.5 Å². The van der Waals surface area contributed by atoms with Gasteiger partial charge in [-0.2, -0.15) is 0 Å². The van der Waals surface area contributed by atoms with Gasteiger partial charge in [-0.1, -0.05) is 48.5 Å². The number of rotatable bonds is 6. The number of hydrogen-bond donors (Lipinski definition) is 1. The second-order valence-corrected chi connectivity index (χ2v) is 9.75. The number of hydrogen-bond acceptors (Lipinski definition) is 5. The molecule has 2 N–H and O–H groups in total. The summed E-state index contributed by atoms with van der Waals surface area (Å²) in [6, 6.07) is 25.9. The van der Waals surface area contributed by atoms with Crippen molar-refractivity contribution in [3.8, 4) is 0 Å². The molecule has 0 atom stereocenters. The van der Waals surface area contributed by atoms with E-state index in [0.717, 1.165) is 39.8 Å². The first-order valence-corrected chi connectivity index (χ1v) is 12.0. The number of aliphatic imine (C=N–C) groups is 1. The van der Waals surface area contributed by atoms with Crippen molar-refractivity contribution in [2.45, 2.75) is 23.3 Å². The highest BCUT2D eigenvalue weighted by molar-refractivity contribution is 7.91. The molecule has 6 heteroatoms. The highest BCUT2D eigenvalue weighted by atomic mass is 32.2. The molecule has 1 aliphatic heterocycles. The molecule has 1 aliphatic rings. The van der Waals surface area contributed by atoms with Gasteiger partial charge < -0.3 is 10.6 Å². The number of benzene rings is 4. The van der Waals surface area contributed by atoms with Crippen molar-refractivity contribution in [3.05, 3.63) is 96.1 Å². The predicted octanol–water partition coefficient (Wildman–Crippen LogP) is 5.05. The van der Waals surface area contributed by atoms with Crippen LogP contribution in [-0.2, 0) is 16.4 Å². The number of anilines is 1. The van der Waals surface area contributed by atoms with Crippen molar-refractivity contribution in [1.29, 1.82) is 0 Å². The SMILES string of the molecule is CCN(Cc1ccc(S(=O)(=O)c2ccccc2)cc1)c1ccc2c3c(cccc13)C(N)=N2. The van der Waals surface area contributed by atoms with Crippen LogP contribution in [0.5, 0.6) is 0 Å². The van der Waals surface area contributed by atoms with Gasteiger partial charge in [-0.15, -0.1) is 0 Å². The van der Waals surface area contributed by atoms with E-state index >= 15 is 0 Å². The standard InChI is InChI=1S/C26H23N3O2S/c1-2-29(24-16-15-23-25-21(24)9-6-10-22(25)26(27)28-23)17-18-11-13-20(14-12-18)32(30,31)19-7-4-3-5-8-19/h3-16H,2,17H2,1H3,(H2,27,28). The molecular formula is C26H23N3O2S. The fraction of sp³-hybridized carbons (Fsp3) is 0.115. The number of nitrogens with zero attached hydrogens (tertiary/aromatic N) is 2. The Bertz CT molecular complexity index is 1440. The van der Waals surface area contributed by atoms with Crippen molar-refractivity contribution in [2.75, 3.05) is 11.4 Å². The van der Waals surface area contributed by atoms with Gasteiger partial charge in [0.2, 0.25) is 9.84 Å². The smallest absolute Gasteiger partial charge is 0.206 e. The number of sulfone groups is 1. The van der Waals surface area contributed by atoms with Gasteiger partial charge in [-0.05, 0) is 48.9 Å². The molecule has 4 aromatic carbocycles. The van der Waals surface area contributed by atoms with E-state index in [1.165, 1.54) is 0 Å². The summed E-state index contributed by atoms with van der Waals surface area (Å²) in [6.45, 7) is 3.58. The molecule has 0 saturated heterocycles. The third kappa shape index (κ3) is 3.33. The normalized spacial score (nSPS) is 12.7. The van der Waals surface area contributed by atoms with E-state index in [0.29, 0.717) is 22.2 Å². The first-order chi connectivity index (χ1) is 15.5. The molecule has 0 spiro atoms. The molecule has 0 bridgehead atoms. The third-order valence-corrected chi connectivity index (χ3v) is 7.68. The van der Waals surface area contributed by atoms with Gasteiger partial charge in [0.25, 0.3) is 0 Å². The highest BCUT2D eigenvalue weighted by Crippen LogP contribution is 2.40. The summed E-state index contributed by atoms with van der Waals surface area (Å²) < 4.78 is 25.7. The highest BCUT2D eigenvalue weighted by Gasteiger charge is 2.20. The Morgan fingerprint density at radius 2 is 1.56 bits per heavy atom. The zero-order chi connectivity index (χ0) is 22.3. The van der Waals surface area contributed by atoms with E-state index in [-0.39, 0.29) is 0 Å². The quantitative estimate of drug-likeness (QED) is 0.454. The Hall–Kier alpha value is -3.64. The van der Waals surface area contributed by atoms with Gasteiger partial charge in [-0.25, -0.2) is 13.4 Å². The fourth-order valence-corrected chi connectivity index (χ4v) is 5.52. The second-order valence-electron chi connectivity index (χ2n) is 7.80. The lowest BCUT2D eigenvalue weighted by Gasteiger charge is -2.25. The van der Waals surface area contributed by atoms with Crippen LogP contribution in [0.25, 0.3) is 10.8 Å². The summed E-state index contributed by atoms with van der Waals surface area (Å²) in [5.74, 6) is 0.556. The number of nitrogens with two attached hydrogens (primary N) is 1. The summed E-state index contributed by atoms with van der Waals surface area (Å²) in [5.41, 5.74) is 10.1. The average Bonchev–Trinajstić information content (AvgIpc) is 3.16. The largest absolute Gasteiger partial charge is 0.383 e. The molecule has 0 radical (unpaired) electrons. The summed E-state index contributed by atoms with van der Waals surface area (Å²) in [7, 11) is -3.52. The van der Waals surface area contributed by atoms with Crippen LogP contribution in [0.1, 0.15) is 18.1 Å². The van der Waals surface area contributed by atoms with Crippen molar-refractivity contribution >= 4 is 37.8 Å². The van der Waals surface area contributed by atoms with Crippen LogP contribution < -0.4 is 10.6 Å². The first-order valence-electron chi connectivity index (χ1n) is 10.5. The molecule has 32 heavy (non-hydrogen) atoms. The van der Waals surface area contributed by atoms with Crippen LogP contribution in [0.2, 0.25) is 0 Å². The summed E-state index contributed by atoms with van der Waals surface area (Å²) in [6.07, 6.45) is 0. The van der Waals surface area contributed by atoms with E-state index in [9.17, 15) is 8.42 Å². The minimum atomic E-state index is -3.52. The second kappa shape index (κ2) is 7.80. The number of amidine groups is 1. The Balaban J connectivity index is 1.45. The third-order valence-electron chi connectivity index (χ3n) is 5.90. The van der Waals surface area contributed by atoms with Gasteiger partial charge in [0.1, 0.15) is 5.84 Å². The van der Waals surface area contributed by atoms with Crippen LogP contribution in [-0.4, -0.2) is 20.8 Å². The Morgan fingerprint density at radius 3 is 2.28 bits per heavy atom. The van der Waals surface area contributed by atoms with Crippen LogP contribution in [0.15, 0.2) is 99.7 Å². The molecule has 0 fully saturated rings. The van der Waals surface area contributed by atoms with Crippen LogP contribution in [0, 0.1) is 0 Å². The summed E-state index contributed by atoms with van der Waals surface area (Å²) >= 11 is 0. The lowest BCUT2D eigenvalue weighted by Crippen LogP contribution is -2.22. The topological polar surface area (TPSA) is 75.8 Å². The van der Waals surface area contributed by atoms with E-state index in [4.69, 9.17) is 5.73 Å². The molecule has 0 unspecified atom stereocenters. The zero-order valence-electron chi connectivity index (χ0n) is 17.7. The van der Waals surface area contributed by atoms with Gasteiger partial charge >= 0.3 is 0 Å². The van der Waals surface area contributed by atoms with Crippen LogP contribution in [0.4, 0.5) is 11.4 Å². The maximum Gasteiger partial charge on any atom is 0.206 e. The molecule has 0 saturated carbocycles. The zero-order valence-corrected chi connectivity index (χ0v) is 18.5. The predicted molar refractivity (Wildman–Crippen MR) is 129 cm³/mol. The average molecular weight is 442 g/mol. The molecule has 4 aromatic rings. The van der Waals surface area contributed by atoms with Crippen molar-refractivity contribution in [1.82, 2.24) is 0 Å². The molecular weight excluding hydrogens is 418 g/mol. The molecule has 5 nitrogen and oxygen atoms in total. The monoisotopic (exact) mass is 441 g/mol. The molecule has 1 heterocycles. The molecule has 5 rings (SSSR count). The Kier molecular flexibility index (Phi) is 4.94. The first kappa shape index (κ1) is 20.3. The fourth-order valence-electron chi connectivity index (χ4n) is 4.24. The molecule has 0 aliphatic carbocycles. The minimum Gasteiger partial charge on any atom is -0.383 e. The van der Waals surface area contributed by atoms with E-state index in [1.807, 2.05) is 36.4 Å². The van der Waals surface area contributed by atoms with Crippen LogP contribution >= 0.6 is 0 Å². The molecule has 0 aromatic heterocycles. The van der Waals surface area contributed by atoms with Crippen molar-refractivity contribution in [3.63, 3.8) is 0 Å². The Morgan fingerprint density at radius 1 is 0.844 bits per heavy atom. The summed E-state index contributed by atoms with van der Waals surface area (Å²) in [4.78, 5) is 7.36. The lowest BCUT2D eigenvalue weighted by molar-refractivity contribution is 0.596. The summed E-state index contributed by atoms with van der Waals surface area (Å²) in [5, 5.41) is 2.21. The van der Waals surface area contributed by atoms with E-state index in [2.05, 4.69) is 28.9 Å². The van der Waals surface area contributed by atoms with E-state index < -0.39 is 9.84 Å². The van der Waals surface area contributed by atoms with Crippen molar-refractivity contribution in [2.24, 2.45) is 10.7 Å². The maximum absolute atomic E-state index is 12.9. The lowest BCUT2D eigenvalue weighted by atomic mass is 10.0. The van der Waals surface area contributed by atoms with E-state index in [1.54, 1.807) is 36.4 Å². The van der Waals surface area contributed by atoms with Crippen LogP contribution in [0.3, 0.4) is 0 Å². The molecule has 0 amide bonds. The van der Waals surface area contributed by atoms with Gasteiger partial charge in [0.15, 0.2) is 0 Å².